The minimum Gasteiger partial charge on any atom is -0.478 e. The lowest BCUT2D eigenvalue weighted by molar-refractivity contribution is 0.0220. The van der Waals surface area contributed by atoms with Crippen molar-refractivity contribution in [2.24, 2.45) is 0 Å². The van der Waals surface area contributed by atoms with Crippen LogP contribution in [0.4, 0.5) is 4.79 Å². The van der Waals surface area contributed by atoms with Crippen LogP contribution in [0.3, 0.4) is 0 Å². The van der Waals surface area contributed by atoms with E-state index < -0.39 is 17.7 Å². The average Bonchev–Trinajstić information content (AvgIpc) is 2.51. The van der Waals surface area contributed by atoms with Gasteiger partial charge in [0.15, 0.2) is 0 Å². The quantitative estimate of drug-likeness (QED) is 0.832. The van der Waals surface area contributed by atoms with Crippen LogP contribution in [-0.2, 0) is 17.7 Å². The Balaban J connectivity index is 2.07. The van der Waals surface area contributed by atoms with Gasteiger partial charge >= 0.3 is 12.1 Å². The first-order chi connectivity index (χ1) is 11.7. The number of carbonyl (C=O) groups is 2. The first kappa shape index (κ1) is 17.5. The Kier molecular flexibility index (Phi) is 4.33. The second-order valence-corrected chi connectivity index (χ2v) is 7.41. The molecule has 1 aromatic carbocycles. The number of rotatable bonds is 1. The highest BCUT2D eigenvalue weighted by atomic mass is 35.5. The van der Waals surface area contributed by atoms with E-state index in [-0.39, 0.29) is 12.1 Å². The fourth-order valence-corrected chi connectivity index (χ4v) is 3.17. The lowest BCUT2D eigenvalue weighted by Crippen LogP contribution is -2.40. The second-order valence-electron chi connectivity index (χ2n) is 7.01. The number of halogens is 1. The van der Waals surface area contributed by atoms with Gasteiger partial charge in [0.25, 0.3) is 0 Å². The molecule has 7 heteroatoms. The largest absolute Gasteiger partial charge is 0.478 e. The maximum absolute atomic E-state index is 12.3. The van der Waals surface area contributed by atoms with E-state index in [4.69, 9.17) is 16.3 Å². The minimum absolute atomic E-state index is 0.149. The zero-order valence-corrected chi connectivity index (χ0v) is 15.1. The third-order valence-corrected chi connectivity index (χ3v) is 4.29. The molecule has 0 saturated heterocycles. The van der Waals surface area contributed by atoms with E-state index in [2.05, 4.69) is 4.98 Å². The van der Waals surface area contributed by atoms with Gasteiger partial charge in [-0.25, -0.2) is 9.59 Å². The van der Waals surface area contributed by atoms with E-state index in [0.717, 1.165) is 0 Å². The van der Waals surface area contributed by atoms with Gasteiger partial charge in [-0.05, 0) is 26.8 Å². The molecule has 132 valence electrons. The van der Waals surface area contributed by atoms with Crippen LogP contribution in [-0.4, -0.2) is 39.2 Å². The number of benzene rings is 1. The molecule has 2 aromatic rings. The molecule has 1 aliphatic rings. The van der Waals surface area contributed by atoms with Crippen molar-refractivity contribution in [1.29, 1.82) is 0 Å². The van der Waals surface area contributed by atoms with Crippen molar-refractivity contribution in [2.75, 3.05) is 6.54 Å². The Morgan fingerprint density at radius 2 is 2.04 bits per heavy atom. The number of hydrogen-bond acceptors (Lipinski definition) is 4. The maximum atomic E-state index is 12.3. The van der Waals surface area contributed by atoms with E-state index in [1.54, 1.807) is 39.0 Å². The average molecular weight is 363 g/mol. The monoisotopic (exact) mass is 362 g/mol. The molecule has 0 spiro atoms. The zero-order chi connectivity index (χ0) is 18.4. The highest BCUT2D eigenvalue weighted by Crippen LogP contribution is 2.31. The standard InChI is InChI=1S/C18H19ClN2O4/c1-18(2,3)25-17(24)21-8-7-13-11(9-21)14(16(22)23)10-5-4-6-12(19)15(10)20-13/h4-6H,7-9H2,1-3H3,(H,22,23). The van der Waals surface area contributed by atoms with Gasteiger partial charge in [-0.1, -0.05) is 23.7 Å². The summed E-state index contributed by atoms with van der Waals surface area (Å²) in [7, 11) is 0. The summed E-state index contributed by atoms with van der Waals surface area (Å²) in [5.74, 6) is -1.06. The molecule has 0 saturated carbocycles. The van der Waals surface area contributed by atoms with Crippen LogP contribution >= 0.6 is 11.6 Å². The molecule has 0 fully saturated rings. The predicted octanol–water partition coefficient (Wildman–Crippen LogP) is 3.88. The van der Waals surface area contributed by atoms with E-state index >= 15 is 0 Å². The van der Waals surface area contributed by atoms with Crippen molar-refractivity contribution in [2.45, 2.75) is 39.3 Å². The topological polar surface area (TPSA) is 79.7 Å². The molecule has 0 atom stereocenters. The molecule has 1 N–H and O–H groups in total. The Morgan fingerprint density at radius 3 is 2.68 bits per heavy atom. The van der Waals surface area contributed by atoms with Crippen LogP contribution in [0.1, 0.15) is 42.4 Å². The smallest absolute Gasteiger partial charge is 0.410 e. The van der Waals surface area contributed by atoms with Crippen molar-refractivity contribution in [3.63, 3.8) is 0 Å². The fraction of sp³-hybridized carbons (Fsp3) is 0.389. The zero-order valence-electron chi connectivity index (χ0n) is 14.3. The van der Waals surface area contributed by atoms with Crippen LogP contribution in [0.2, 0.25) is 5.02 Å². The van der Waals surface area contributed by atoms with Gasteiger partial charge < -0.3 is 14.7 Å². The van der Waals surface area contributed by atoms with Crippen LogP contribution in [0, 0.1) is 0 Å². The molecular weight excluding hydrogens is 344 g/mol. The normalized spacial score (nSPS) is 14.3. The Morgan fingerprint density at radius 1 is 1.32 bits per heavy atom. The van der Waals surface area contributed by atoms with E-state index in [1.807, 2.05) is 0 Å². The SMILES string of the molecule is CC(C)(C)OC(=O)N1CCc2nc3c(Cl)cccc3c(C(=O)O)c2C1. The van der Waals surface area contributed by atoms with Gasteiger partial charge in [0, 0.05) is 29.6 Å². The summed E-state index contributed by atoms with van der Waals surface area (Å²) in [6, 6.07) is 5.06. The van der Waals surface area contributed by atoms with Crippen LogP contribution in [0.25, 0.3) is 10.9 Å². The molecule has 6 nitrogen and oxygen atoms in total. The first-order valence-electron chi connectivity index (χ1n) is 7.98. The molecule has 1 amide bonds. The third kappa shape index (κ3) is 3.39. The molecule has 2 heterocycles. The van der Waals surface area contributed by atoms with Crippen molar-refractivity contribution in [3.8, 4) is 0 Å². The lowest BCUT2D eigenvalue weighted by atomic mass is 9.96. The lowest BCUT2D eigenvalue weighted by Gasteiger charge is -2.31. The molecule has 0 unspecified atom stereocenters. The van der Waals surface area contributed by atoms with Crippen molar-refractivity contribution < 1.29 is 19.4 Å². The number of amides is 1. The molecule has 0 aliphatic carbocycles. The number of carboxylic acid groups (broad SMARTS) is 1. The Bertz CT molecular complexity index is 873. The van der Waals surface area contributed by atoms with E-state index in [0.29, 0.717) is 40.1 Å². The third-order valence-electron chi connectivity index (χ3n) is 3.99. The summed E-state index contributed by atoms with van der Waals surface area (Å²) in [5, 5.41) is 10.6. The molecule has 0 bridgehead atoms. The number of aromatic carboxylic acids is 1. The number of pyridine rings is 1. The van der Waals surface area contributed by atoms with Crippen molar-refractivity contribution in [1.82, 2.24) is 9.88 Å². The van der Waals surface area contributed by atoms with Crippen LogP contribution in [0.5, 0.6) is 0 Å². The number of carbonyl (C=O) groups excluding carboxylic acids is 1. The predicted molar refractivity (Wildman–Crippen MR) is 94.1 cm³/mol. The second kappa shape index (κ2) is 6.19. The molecule has 1 aromatic heterocycles. The van der Waals surface area contributed by atoms with Gasteiger partial charge in [-0.15, -0.1) is 0 Å². The van der Waals surface area contributed by atoms with Crippen molar-refractivity contribution >= 4 is 34.6 Å². The summed E-state index contributed by atoms with van der Waals surface area (Å²) in [6.07, 6.45) is -0.00332. The van der Waals surface area contributed by atoms with Gasteiger partial charge in [0.2, 0.25) is 0 Å². The number of aromatic nitrogens is 1. The number of carboxylic acids is 1. The number of fused-ring (bicyclic) bond motifs is 2. The molecule has 0 radical (unpaired) electrons. The number of ether oxygens (including phenoxy) is 1. The van der Waals surface area contributed by atoms with Gasteiger partial charge in [-0.3, -0.25) is 4.98 Å². The molecule has 3 rings (SSSR count). The van der Waals surface area contributed by atoms with Gasteiger partial charge in [0.05, 0.1) is 22.6 Å². The summed E-state index contributed by atoms with van der Waals surface area (Å²) < 4.78 is 5.40. The first-order valence-corrected chi connectivity index (χ1v) is 8.36. The number of nitrogens with zero attached hydrogens (tertiary/aromatic N) is 2. The molecular formula is C18H19ClN2O4. The summed E-state index contributed by atoms with van der Waals surface area (Å²) in [6.45, 7) is 5.96. The molecule has 25 heavy (non-hydrogen) atoms. The minimum atomic E-state index is -1.06. The van der Waals surface area contributed by atoms with Crippen LogP contribution < -0.4 is 0 Å². The van der Waals surface area contributed by atoms with Gasteiger partial charge in [-0.2, -0.15) is 0 Å². The highest BCUT2D eigenvalue weighted by molar-refractivity contribution is 6.35. The van der Waals surface area contributed by atoms with E-state index in [9.17, 15) is 14.7 Å². The van der Waals surface area contributed by atoms with Gasteiger partial charge in [0.1, 0.15) is 5.60 Å². The Hall–Kier alpha value is -2.34. The number of para-hydroxylation sites is 1. The summed E-state index contributed by atoms with van der Waals surface area (Å²) in [5.41, 5.74) is 1.22. The highest BCUT2D eigenvalue weighted by Gasteiger charge is 2.30. The number of hydrogen-bond donors (Lipinski definition) is 1. The fourth-order valence-electron chi connectivity index (χ4n) is 2.95. The Labute approximate surface area is 150 Å². The van der Waals surface area contributed by atoms with Crippen molar-refractivity contribution in [3.05, 3.63) is 40.0 Å². The summed E-state index contributed by atoms with van der Waals surface area (Å²) >= 11 is 6.19. The molecule has 1 aliphatic heterocycles. The van der Waals surface area contributed by atoms with Crippen LogP contribution in [0.15, 0.2) is 18.2 Å². The maximum Gasteiger partial charge on any atom is 0.410 e. The van der Waals surface area contributed by atoms with E-state index in [1.165, 1.54) is 4.90 Å². The summed E-state index contributed by atoms with van der Waals surface area (Å²) in [4.78, 5) is 30.3.